The molecule has 0 fully saturated rings. The van der Waals surface area contributed by atoms with Gasteiger partial charge in [-0.1, -0.05) is 26.0 Å². The number of guanidine groups is 1. The average molecular weight is 376 g/mol. The molecular weight excluding hydrogens is 338 g/mol. The van der Waals surface area contributed by atoms with E-state index in [4.69, 9.17) is 0 Å². The number of benzene rings is 1. The van der Waals surface area contributed by atoms with Crippen molar-refractivity contribution in [3.63, 3.8) is 0 Å². The predicted octanol–water partition coefficient (Wildman–Crippen LogP) is 2.61. The molecule has 1 amide bonds. The van der Waals surface area contributed by atoms with Crippen LogP contribution in [0, 0.1) is 0 Å². The minimum Gasteiger partial charge on any atom is -0.357 e. The SMILES string of the molecule is CCNC(=NCc1cccc(C(=O)NC)c1)NC(C)CCCN(CC)CC. The summed E-state index contributed by atoms with van der Waals surface area (Å²) in [4.78, 5) is 18.9. The van der Waals surface area contributed by atoms with Gasteiger partial charge in [0, 0.05) is 25.2 Å². The van der Waals surface area contributed by atoms with Gasteiger partial charge >= 0.3 is 0 Å². The molecule has 0 spiro atoms. The molecule has 0 saturated carbocycles. The van der Waals surface area contributed by atoms with Gasteiger partial charge in [-0.15, -0.1) is 0 Å². The van der Waals surface area contributed by atoms with Crippen molar-refractivity contribution in [2.75, 3.05) is 33.2 Å². The van der Waals surface area contributed by atoms with Gasteiger partial charge in [0.1, 0.15) is 0 Å². The summed E-state index contributed by atoms with van der Waals surface area (Å²) in [6.07, 6.45) is 2.27. The van der Waals surface area contributed by atoms with E-state index in [-0.39, 0.29) is 5.91 Å². The van der Waals surface area contributed by atoms with Gasteiger partial charge in [0.15, 0.2) is 5.96 Å². The van der Waals surface area contributed by atoms with Crippen LogP contribution in [0.2, 0.25) is 0 Å². The molecule has 6 heteroatoms. The number of rotatable bonds is 11. The standard InChI is InChI=1S/C21H37N5O/c1-6-23-21(25-17(4)11-10-14-26(7-2)8-3)24-16-18-12-9-13-19(15-18)20(27)22-5/h9,12-13,15,17H,6-8,10-11,14,16H2,1-5H3,(H,22,27)(H2,23,24,25). The van der Waals surface area contributed by atoms with E-state index >= 15 is 0 Å². The zero-order valence-electron chi connectivity index (χ0n) is 17.6. The highest BCUT2D eigenvalue weighted by molar-refractivity contribution is 5.94. The fourth-order valence-electron chi connectivity index (χ4n) is 2.91. The minimum absolute atomic E-state index is 0.0762. The maximum atomic E-state index is 11.8. The number of hydrogen-bond donors (Lipinski definition) is 3. The second kappa shape index (κ2) is 13.1. The third-order valence-electron chi connectivity index (χ3n) is 4.57. The highest BCUT2D eigenvalue weighted by Crippen LogP contribution is 2.07. The Balaban J connectivity index is 2.60. The van der Waals surface area contributed by atoms with Gasteiger partial charge in [-0.25, -0.2) is 4.99 Å². The summed E-state index contributed by atoms with van der Waals surface area (Å²) in [5.41, 5.74) is 1.68. The smallest absolute Gasteiger partial charge is 0.251 e. The average Bonchev–Trinajstić information content (AvgIpc) is 2.69. The zero-order valence-corrected chi connectivity index (χ0v) is 17.6. The summed E-state index contributed by atoms with van der Waals surface area (Å²) in [5.74, 6) is 0.742. The molecule has 0 saturated heterocycles. The van der Waals surface area contributed by atoms with E-state index in [0.29, 0.717) is 18.2 Å². The molecule has 1 aromatic carbocycles. The lowest BCUT2D eigenvalue weighted by molar-refractivity contribution is 0.0963. The second-order valence-electron chi connectivity index (χ2n) is 6.69. The molecule has 0 aromatic heterocycles. The van der Waals surface area contributed by atoms with Gasteiger partial charge in [-0.2, -0.15) is 0 Å². The Labute approximate surface area is 164 Å². The summed E-state index contributed by atoms with van der Waals surface area (Å²) in [7, 11) is 1.64. The van der Waals surface area contributed by atoms with Gasteiger partial charge < -0.3 is 20.9 Å². The highest BCUT2D eigenvalue weighted by atomic mass is 16.1. The van der Waals surface area contributed by atoms with Crippen LogP contribution in [0.15, 0.2) is 29.3 Å². The van der Waals surface area contributed by atoms with E-state index in [0.717, 1.165) is 44.1 Å². The Bertz CT molecular complexity index is 584. The van der Waals surface area contributed by atoms with Crippen molar-refractivity contribution >= 4 is 11.9 Å². The molecule has 0 bridgehead atoms. The molecule has 1 unspecified atom stereocenters. The molecule has 27 heavy (non-hydrogen) atoms. The molecule has 0 aliphatic carbocycles. The van der Waals surface area contributed by atoms with E-state index in [2.05, 4.69) is 53.5 Å². The quantitative estimate of drug-likeness (QED) is 0.411. The molecule has 0 radical (unpaired) electrons. The van der Waals surface area contributed by atoms with Crippen molar-refractivity contribution < 1.29 is 4.79 Å². The molecule has 1 atom stereocenters. The van der Waals surface area contributed by atoms with Crippen LogP contribution in [0.1, 0.15) is 56.5 Å². The van der Waals surface area contributed by atoms with E-state index in [1.165, 1.54) is 6.42 Å². The highest BCUT2D eigenvalue weighted by Gasteiger charge is 2.07. The van der Waals surface area contributed by atoms with Crippen LogP contribution in [-0.2, 0) is 6.54 Å². The maximum Gasteiger partial charge on any atom is 0.251 e. The monoisotopic (exact) mass is 375 g/mol. The van der Waals surface area contributed by atoms with Crippen LogP contribution in [0.5, 0.6) is 0 Å². The first kappa shape index (κ1) is 23.0. The van der Waals surface area contributed by atoms with E-state index in [1.54, 1.807) is 7.05 Å². The van der Waals surface area contributed by atoms with Crippen LogP contribution in [0.25, 0.3) is 0 Å². The fourth-order valence-corrected chi connectivity index (χ4v) is 2.91. The van der Waals surface area contributed by atoms with Gasteiger partial charge in [-0.05, 0) is 64.0 Å². The summed E-state index contributed by atoms with van der Waals surface area (Å²) in [6.45, 7) is 13.4. The Morgan fingerprint density at radius 1 is 1.22 bits per heavy atom. The van der Waals surface area contributed by atoms with E-state index in [1.807, 2.05) is 24.3 Å². The Hall–Kier alpha value is -2.08. The Morgan fingerprint density at radius 3 is 2.59 bits per heavy atom. The fraction of sp³-hybridized carbons (Fsp3) is 0.619. The van der Waals surface area contributed by atoms with Crippen LogP contribution in [0.4, 0.5) is 0 Å². The molecule has 152 valence electrons. The number of nitrogens with one attached hydrogen (secondary N) is 3. The van der Waals surface area contributed by atoms with Crippen LogP contribution in [-0.4, -0.2) is 56.0 Å². The third-order valence-corrected chi connectivity index (χ3v) is 4.57. The normalized spacial score (nSPS) is 12.7. The summed E-state index contributed by atoms with van der Waals surface area (Å²) in [5, 5.41) is 9.44. The molecule has 0 heterocycles. The van der Waals surface area contributed by atoms with E-state index in [9.17, 15) is 4.79 Å². The van der Waals surface area contributed by atoms with E-state index < -0.39 is 0 Å². The summed E-state index contributed by atoms with van der Waals surface area (Å²) < 4.78 is 0. The number of aliphatic imine (C=N–C) groups is 1. The number of carbonyl (C=O) groups excluding carboxylic acids is 1. The first-order chi connectivity index (χ1) is 13.0. The predicted molar refractivity (Wildman–Crippen MR) is 114 cm³/mol. The van der Waals surface area contributed by atoms with Crippen LogP contribution in [0.3, 0.4) is 0 Å². The zero-order chi connectivity index (χ0) is 20.1. The van der Waals surface area contributed by atoms with Crippen LogP contribution >= 0.6 is 0 Å². The maximum absolute atomic E-state index is 11.8. The number of carbonyl (C=O) groups is 1. The first-order valence-corrected chi connectivity index (χ1v) is 10.1. The molecule has 1 aromatic rings. The van der Waals surface area contributed by atoms with Crippen molar-refractivity contribution in [1.29, 1.82) is 0 Å². The summed E-state index contributed by atoms with van der Waals surface area (Å²) in [6, 6.07) is 7.95. The van der Waals surface area contributed by atoms with Crippen molar-refractivity contribution in [1.82, 2.24) is 20.9 Å². The largest absolute Gasteiger partial charge is 0.357 e. The Morgan fingerprint density at radius 2 is 1.96 bits per heavy atom. The third kappa shape index (κ3) is 8.91. The molecule has 3 N–H and O–H groups in total. The first-order valence-electron chi connectivity index (χ1n) is 10.1. The molecule has 0 aliphatic rings. The van der Waals surface area contributed by atoms with Crippen LogP contribution < -0.4 is 16.0 Å². The van der Waals surface area contributed by atoms with Gasteiger partial charge in [0.2, 0.25) is 0 Å². The molecule has 6 nitrogen and oxygen atoms in total. The van der Waals surface area contributed by atoms with Gasteiger partial charge in [-0.3, -0.25) is 4.79 Å². The molecule has 1 rings (SSSR count). The number of nitrogens with zero attached hydrogens (tertiary/aromatic N) is 2. The topological polar surface area (TPSA) is 68.8 Å². The van der Waals surface area contributed by atoms with Crippen molar-refractivity contribution in [3.05, 3.63) is 35.4 Å². The number of hydrogen-bond acceptors (Lipinski definition) is 3. The lowest BCUT2D eigenvalue weighted by Gasteiger charge is -2.21. The Kier molecular flexibility index (Phi) is 11.2. The van der Waals surface area contributed by atoms with Crippen molar-refractivity contribution in [3.8, 4) is 0 Å². The summed E-state index contributed by atoms with van der Waals surface area (Å²) >= 11 is 0. The second-order valence-corrected chi connectivity index (χ2v) is 6.69. The lowest BCUT2D eigenvalue weighted by Crippen LogP contribution is -2.42. The van der Waals surface area contributed by atoms with Gasteiger partial charge in [0.05, 0.1) is 6.54 Å². The van der Waals surface area contributed by atoms with Crippen molar-refractivity contribution in [2.45, 2.75) is 53.1 Å². The van der Waals surface area contributed by atoms with Gasteiger partial charge in [0.25, 0.3) is 5.91 Å². The molecular formula is C21H37N5O. The lowest BCUT2D eigenvalue weighted by atomic mass is 10.1. The minimum atomic E-state index is -0.0762. The molecule has 0 aliphatic heterocycles. The number of amides is 1. The van der Waals surface area contributed by atoms with Crippen molar-refractivity contribution in [2.24, 2.45) is 4.99 Å².